The van der Waals surface area contributed by atoms with Gasteiger partial charge in [-0.05, 0) is 84.9 Å². The van der Waals surface area contributed by atoms with Crippen molar-refractivity contribution in [3.8, 4) is 10.4 Å². The summed E-state index contributed by atoms with van der Waals surface area (Å²) in [5, 5.41) is 9.59. The molecule has 0 saturated heterocycles. The standard InChI is InChI=1S/C29H24S/c1-17-13-24(26-16-18-7-5-6-8-25(18)30-26)23-12-10-20-15-21(29(2,3)4)14-19-9-11-22(17)28(23)27(19)20/h5-16H,1-4H3. The molecule has 0 amide bonds. The van der Waals surface area contributed by atoms with Crippen LogP contribution in [0.15, 0.2) is 72.8 Å². The molecule has 0 saturated carbocycles. The van der Waals surface area contributed by atoms with Gasteiger partial charge in [-0.15, -0.1) is 11.3 Å². The Labute approximate surface area is 181 Å². The van der Waals surface area contributed by atoms with Crippen molar-refractivity contribution in [1.82, 2.24) is 0 Å². The fourth-order valence-electron chi connectivity index (χ4n) is 4.84. The number of fused-ring (bicyclic) bond motifs is 1. The van der Waals surface area contributed by atoms with Crippen molar-refractivity contribution in [2.75, 3.05) is 0 Å². The fourth-order valence-corrected chi connectivity index (χ4v) is 5.94. The summed E-state index contributed by atoms with van der Waals surface area (Å²) < 4.78 is 1.35. The summed E-state index contributed by atoms with van der Waals surface area (Å²) in [6.07, 6.45) is 0. The van der Waals surface area contributed by atoms with Crippen molar-refractivity contribution in [1.29, 1.82) is 0 Å². The van der Waals surface area contributed by atoms with Crippen molar-refractivity contribution >= 4 is 53.7 Å². The Morgan fingerprint density at radius 3 is 2.07 bits per heavy atom. The Morgan fingerprint density at radius 1 is 0.667 bits per heavy atom. The number of thiophene rings is 1. The molecule has 0 spiro atoms. The monoisotopic (exact) mass is 404 g/mol. The lowest BCUT2D eigenvalue weighted by molar-refractivity contribution is 0.591. The van der Waals surface area contributed by atoms with E-state index in [1.54, 1.807) is 0 Å². The lowest BCUT2D eigenvalue weighted by Crippen LogP contribution is -2.10. The Hall–Kier alpha value is -2.90. The maximum atomic E-state index is 2.39. The fraction of sp³-hybridized carbons (Fsp3) is 0.172. The lowest BCUT2D eigenvalue weighted by Gasteiger charge is -2.22. The molecule has 0 nitrogen and oxygen atoms in total. The minimum Gasteiger partial charge on any atom is -0.135 e. The van der Waals surface area contributed by atoms with Crippen LogP contribution in [0.1, 0.15) is 31.9 Å². The van der Waals surface area contributed by atoms with Crippen LogP contribution in [0, 0.1) is 6.92 Å². The number of aryl methyl sites for hydroxylation is 1. The molecule has 1 heterocycles. The van der Waals surface area contributed by atoms with Crippen LogP contribution in [0.25, 0.3) is 52.8 Å². The van der Waals surface area contributed by atoms with Gasteiger partial charge in [-0.1, -0.05) is 75.4 Å². The summed E-state index contributed by atoms with van der Waals surface area (Å²) in [5.74, 6) is 0. The molecule has 146 valence electrons. The molecule has 0 aliphatic carbocycles. The van der Waals surface area contributed by atoms with Crippen molar-refractivity contribution in [2.24, 2.45) is 0 Å². The predicted molar refractivity (Wildman–Crippen MR) is 134 cm³/mol. The predicted octanol–water partition coefficient (Wildman–Crippen LogP) is 9.07. The van der Waals surface area contributed by atoms with Gasteiger partial charge in [-0.25, -0.2) is 0 Å². The minimum absolute atomic E-state index is 0.141. The van der Waals surface area contributed by atoms with E-state index in [2.05, 4.69) is 100 Å². The Balaban J connectivity index is 1.74. The van der Waals surface area contributed by atoms with Gasteiger partial charge in [0.15, 0.2) is 0 Å². The highest BCUT2D eigenvalue weighted by Crippen LogP contribution is 2.44. The smallest absolute Gasteiger partial charge is 0.0361 e. The van der Waals surface area contributed by atoms with Crippen LogP contribution in [0.3, 0.4) is 0 Å². The lowest BCUT2D eigenvalue weighted by atomic mass is 9.82. The van der Waals surface area contributed by atoms with E-state index in [-0.39, 0.29) is 5.41 Å². The van der Waals surface area contributed by atoms with E-state index in [9.17, 15) is 0 Å². The van der Waals surface area contributed by atoms with Crippen LogP contribution in [0.5, 0.6) is 0 Å². The van der Waals surface area contributed by atoms with Gasteiger partial charge < -0.3 is 0 Å². The summed E-state index contributed by atoms with van der Waals surface area (Å²) in [6.45, 7) is 9.14. The third-order valence-corrected chi connectivity index (χ3v) is 7.63. The Kier molecular flexibility index (Phi) is 3.62. The van der Waals surface area contributed by atoms with E-state index in [1.807, 2.05) is 11.3 Å². The quantitative estimate of drug-likeness (QED) is 0.240. The average Bonchev–Trinajstić information content (AvgIpc) is 3.16. The van der Waals surface area contributed by atoms with Gasteiger partial charge in [-0.2, -0.15) is 0 Å². The number of benzene rings is 5. The molecule has 1 heteroatoms. The molecule has 0 atom stereocenters. The molecule has 0 fully saturated rings. The normalized spacial score (nSPS) is 12.7. The van der Waals surface area contributed by atoms with Crippen LogP contribution < -0.4 is 0 Å². The summed E-state index contributed by atoms with van der Waals surface area (Å²) in [6, 6.07) is 27.5. The average molecular weight is 405 g/mol. The van der Waals surface area contributed by atoms with Gasteiger partial charge in [0.1, 0.15) is 0 Å². The van der Waals surface area contributed by atoms with Crippen molar-refractivity contribution in [2.45, 2.75) is 33.1 Å². The third kappa shape index (κ3) is 2.52. The maximum absolute atomic E-state index is 2.39. The van der Waals surface area contributed by atoms with Crippen LogP contribution in [-0.2, 0) is 5.41 Å². The van der Waals surface area contributed by atoms with Crippen LogP contribution in [0.4, 0.5) is 0 Å². The Bertz CT molecular complexity index is 1520. The van der Waals surface area contributed by atoms with Crippen molar-refractivity contribution in [3.05, 3.63) is 83.9 Å². The maximum Gasteiger partial charge on any atom is 0.0361 e. The molecule has 0 radical (unpaired) electrons. The summed E-state index contributed by atoms with van der Waals surface area (Å²) in [7, 11) is 0. The molecule has 0 aliphatic rings. The zero-order valence-electron chi connectivity index (χ0n) is 17.8. The molecule has 30 heavy (non-hydrogen) atoms. The summed E-state index contributed by atoms with van der Waals surface area (Å²) >= 11 is 1.90. The van der Waals surface area contributed by atoms with Gasteiger partial charge >= 0.3 is 0 Å². The summed E-state index contributed by atoms with van der Waals surface area (Å²) in [5.41, 5.74) is 4.25. The molecule has 6 rings (SSSR count). The molecular formula is C29H24S. The second kappa shape index (κ2) is 6.06. The molecule has 0 N–H and O–H groups in total. The van der Waals surface area contributed by atoms with Gasteiger partial charge in [0.2, 0.25) is 0 Å². The van der Waals surface area contributed by atoms with Crippen LogP contribution >= 0.6 is 11.3 Å². The highest BCUT2D eigenvalue weighted by atomic mass is 32.1. The first-order valence-electron chi connectivity index (χ1n) is 10.6. The number of hydrogen-bond acceptors (Lipinski definition) is 1. The highest BCUT2D eigenvalue weighted by molar-refractivity contribution is 7.22. The van der Waals surface area contributed by atoms with Gasteiger partial charge in [0.05, 0.1) is 0 Å². The molecule has 0 bridgehead atoms. The first-order valence-corrected chi connectivity index (χ1v) is 11.4. The van der Waals surface area contributed by atoms with Gasteiger partial charge in [-0.3, -0.25) is 0 Å². The highest BCUT2D eigenvalue weighted by Gasteiger charge is 2.19. The SMILES string of the molecule is Cc1cc(-c2cc3ccccc3s2)c2ccc3cc(C(C)(C)C)cc4ccc1c2c43. The molecule has 0 unspecified atom stereocenters. The third-order valence-electron chi connectivity index (χ3n) is 6.48. The minimum atomic E-state index is 0.141. The molecule has 1 aromatic heterocycles. The van der Waals surface area contributed by atoms with E-state index in [1.165, 1.54) is 64.0 Å². The van der Waals surface area contributed by atoms with Gasteiger partial charge in [0, 0.05) is 9.58 Å². The van der Waals surface area contributed by atoms with E-state index < -0.39 is 0 Å². The molecular weight excluding hydrogens is 380 g/mol. The zero-order valence-corrected chi connectivity index (χ0v) is 18.7. The van der Waals surface area contributed by atoms with Gasteiger partial charge in [0.25, 0.3) is 0 Å². The van der Waals surface area contributed by atoms with Crippen molar-refractivity contribution < 1.29 is 0 Å². The first-order chi connectivity index (χ1) is 14.4. The topological polar surface area (TPSA) is 0 Å². The number of rotatable bonds is 1. The number of hydrogen-bond donors (Lipinski definition) is 0. The second-order valence-corrected chi connectivity index (χ2v) is 10.6. The van der Waals surface area contributed by atoms with Crippen LogP contribution in [0.2, 0.25) is 0 Å². The zero-order chi connectivity index (χ0) is 20.6. The van der Waals surface area contributed by atoms with Crippen LogP contribution in [-0.4, -0.2) is 0 Å². The van der Waals surface area contributed by atoms with Crippen molar-refractivity contribution in [3.63, 3.8) is 0 Å². The van der Waals surface area contributed by atoms with E-state index >= 15 is 0 Å². The molecule has 0 aliphatic heterocycles. The molecule has 5 aromatic carbocycles. The largest absolute Gasteiger partial charge is 0.135 e. The van der Waals surface area contributed by atoms with E-state index in [0.717, 1.165) is 0 Å². The van der Waals surface area contributed by atoms with E-state index in [0.29, 0.717) is 0 Å². The molecule has 6 aromatic rings. The first kappa shape index (κ1) is 17.9. The second-order valence-electron chi connectivity index (χ2n) is 9.54. The summed E-state index contributed by atoms with van der Waals surface area (Å²) in [4.78, 5) is 1.35. The van der Waals surface area contributed by atoms with E-state index in [4.69, 9.17) is 0 Å². The Morgan fingerprint density at radius 2 is 1.37 bits per heavy atom.